The molecule has 0 spiro atoms. The second kappa shape index (κ2) is 4.78. The van der Waals surface area contributed by atoms with E-state index in [1.807, 2.05) is 0 Å². The molecule has 0 aliphatic carbocycles. The number of halogens is 1. The summed E-state index contributed by atoms with van der Waals surface area (Å²) in [7, 11) is 0.961. The van der Waals surface area contributed by atoms with Crippen LogP contribution in [0.25, 0.3) is 0 Å². The highest BCUT2D eigenvalue weighted by Gasteiger charge is 2.19. The Morgan fingerprint density at radius 2 is 1.77 bits per heavy atom. The van der Waals surface area contributed by atoms with Gasteiger partial charge in [-0.1, -0.05) is 0 Å². The Balaban J connectivity index is 4.33. The van der Waals surface area contributed by atoms with Crippen molar-refractivity contribution in [3.8, 4) is 0 Å². The molecule has 5 nitrogen and oxygen atoms in total. The molecular weight excluding hydrogens is 216 g/mol. The number of sulfonamides is 1. The van der Waals surface area contributed by atoms with E-state index in [4.69, 9.17) is 11.6 Å². The van der Waals surface area contributed by atoms with Gasteiger partial charge in [-0.3, -0.25) is 4.79 Å². The maximum Gasteiger partial charge on any atom is 0.237 e. The van der Waals surface area contributed by atoms with Crippen molar-refractivity contribution in [3.63, 3.8) is 0 Å². The standard InChI is InChI=1S/C6H13ClN2O3S/c1-8(2)6(10)4-9(3)13(11,12)5-7/h4-5H2,1-3H3. The minimum absolute atomic E-state index is 0.179. The fraction of sp³-hybridized carbons (Fsp3) is 0.833. The highest BCUT2D eigenvalue weighted by atomic mass is 35.5. The molecule has 0 N–H and O–H groups in total. The van der Waals surface area contributed by atoms with Crippen molar-refractivity contribution in [2.75, 3.05) is 32.9 Å². The van der Waals surface area contributed by atoms with E-state index in [9.17, 15) is 13.2 Å². The summed E-state index contributed by atoms with van der Waals surface area (Å²) in [5, 5.41) is -0.510. The number of carbonyl (C=O) groups is 1. The SMILES string of the molecule is CN(C)C(=O)CN(C)S(=O)(=O)CCl. The van der Waals surface area contributed by atoms with E-state index in [-0.39, 0.29) is 12.5 Å². The van der Waals surface area contributed by atoms with E-state index in [0.29, 0.717) is 0 Å². The van der Waals surface area contributed by atoms with E-state index in [2.05, 4.69) is 0 Å². The molecule has 0 bridgehead atoms. The van der Waals surface area contributed by atoms with Crippen molar-refractivity contribution in [2.24, 2.45) is 0 Å². The summed E-state index contributed by atoms with van der Waals surface area (Å²) in [6, 6.07) is 0. The third-order valence-electron chi connectivity index (χ3n) is 1.47. The first kappa shape index (κ1) is 12.7. The summed E-state index contributed by atoms with van der Waals surface area (Å²) >= 11 is 5.20. The molecule has 0 radical (unpaired) electrons. The van der Waals surface area contributed by atoms with Crippen LogP contribution in [-0.2, 0) is 14.8 Å². The van der Waals surface area contributed by atoms with Crippen LogP contribution >= 0.6 is 11.6 Å². The molecule has 0 heterocycles. The highest BCUT2D eigenvalue weighted by Crippen LogP contribution is 2.00. The maximum absolute atomic E-state index is 11.1. The second-order valence-electron chi connectivity index (χ2n) is 2.77. The number of hydrogen-bond acceptors (Lipinski definition) is 3. The Morgan fingerprint density at radius 3 is 2.08 bits per heavy atom. The highest BCUT2D eigenvalue weighted by molar-refractivity contribution is 7.90. The van der Waals surface area contributed by atoms with Gasteiger partial charge in [-0.25, -0.2) is 8.42 Å². The largest absolute Gasteiger partial charge is 0.348 e. The van der Waals surface area contributed by atoms with E-state index in [1.165, 1.54) is 11.9 Å². The molecule has 0 atom stereocenters. The van der Waals surface area contributed by atoms with E-state index in [1.54, 1.807) is 14.1 Å². The molecular formula is C6H13ClN2O3S. The van der Waals surface area contributed by atoms with Crippen molar-refractivity contribution in [2.45, 2.75) is 0 Å². The molecule has 13 heavy (non-hydrogen) atoms. The molecule has 0 rings (SSSR count). The van der Waals surface area contributed by atoms with Crippen LogP contribution in [0.1, 0.15) is 0 Å². The topological polar surface area (TPSA) is 57.7 Å². The van der Waals surface area contributed by atoms with Gasteiger partial charge < -0.3 is 4.90 Å². The number of amides is 1. The summed E-state index contributed by atoms with van der Waals surface area (Å²) in [6.07, 6.45) is 0. The van der Waals surface area contributed by atoms with Gasteiger partial charge in [0.05, 0.1) is 6.54 Å². The molecule has 78 valence electrons. The first-order valence-corrected chi connectivity index (χ1v) is 5.65. The summed E-state index contributed by atoms with van der Waals surface area (Å²) in [6.45, 7) is -0.179. The lowest BCUT2D eigenvalue weighted by molar-refractivity contribution is -0.128. The first-order valence-electron chi connectivity index (χ1n) is 3.51. The molecule has 0 aromatic heterocycles. The van der Waals surface area contributed by atoms with Gasteiger partial charge in [0, 0.05) is 21.1 Å². The molecule has 0 aromatic carbocycles. The number of hydrogen-bond donors (Lipinski definition) is 0. The Bertz CT molecular complexity index is 276. The molecule has 1 amide bonds. The number of carbonyl (C=O) groups excluding carboxylic acids is 1. The lowest BCUT2D eigenvalue weighted by atomic mass is 10.5. The summed E-state index contributed by atoms with van der Waals surface area (Å²) in [5.41, 5.74) is 0. The smallest absolute Gasteiger partial charge is 0.237 e. The molecule has 0 aliphatic rings. The Labute approximate surface area is 83.3 Å². The zero-order valence-electron chi connectivity index (χ0n) is 7.82. The van der Waals surface area contributed by atoms with Gasteiger partial charge in [0.25, 0.3) is 0 Å². The van der Waals surface area contributed by atoms with Crippen LogP contribution in [0.15, 0.2) is 0 Å². The van der Waals surface area contributed by atoms with Crippen molar-refractivity contribution in [1.29, 1.82) is 0 Å². The minimum atomic E-state index is -3.48. The lowest BCUT2D eigenvalue weighted by Crippen LogP contribution is -2.38. The zero-order valence-corrected chi connectivity index (χ0v) is 9.39. The monoisotopic (exact) mass is 228 g/mol. The molecule has 0 unspecified atom stereocenters. The Hall–Kier alpha value is -0.330. The van der Waals surface area contributed by atoms with E-state index >= 15 is 0 Å². The van der Waals surface area contributed by atoms with Crippen LogP contribution in [0.5, 0.6) is 0 Å². The molecule has 7 heteroatoms. The minimum Gasteiger partial charge on any atom is -0.348 e. The average Bonchev–Trinajstić information content (AvgIpc) is 2.04. The summed E-state index contributed by atoms with van der Waals surface area (Å²) in [5.74, 6) is -0.281. The lowest BCUT2D eigenvalue weighted by Gasteiger charge is -2.17. The third-order valence-corrected chi connectivity index (χ3v) is 3.65. The second-order valence-corrected chi connectivity index (χ2v) is 5.43. The normalized spacial score (nSPS) is 11.8. The predicted octanol–water partition coefficient (Wildman–Crippen LogP) is -0.467. The first-order chi connectivity index (χ1) is 5.81. The molecule has 0 aromatic rings. The van der Waals surface area contributed by atoms with Gasteiger partial charge in [-0.05, 0) is 0 Å². The average molecular weight is 229 g/mol. The van der Waals surface area contributed by atoms with Crippen LogP contribution in [0, 0.1) is 0 Å². The molecule has 0 saturated heterocycles. The van der Waals surface area contributed by atoms with Gasteiger partial charge in [0.2, 0.25) is 15.9 Å². The van der Waals surface area contributed by atoms with Gasteiger partial charge in [-0.15, -0.1) is 11.6 Å². The Morgan fingerprint density at radius 1 is 1.31 bits per heavy atom. The van der Waals surface area contributed by atoms with Crippen molar-refractivity contribution < 1.29 is 13.2 Å². The van der Waals surface area contributed by atoms with E-state index in [0.717, 1.165) is 4.31 Å². The van der Waals surface area contributed by atoms with Gasteiger partial charge in [0.1, 0.15) is 5.21 Å². The molecule has 0 saturated carbocycles. The van der Waals surface area contributed by atoms with Crippen LogP contribution in [0.3, 0.4) is 0 Å². The van der Waals surface area contributed by atoms with Crippen LogP contribution in [0.2, 0.25) is 0 Å². The fourth-order valence-electron chi connectivity index (χ4n) is 0.514. The summed E-state index contributed by atoms with van der Waals surface area (Å²) < 4.78 is 23.1. The molecule has 0 fully saturated rings. The maximum atomic E-state index is 11.1. The van der Waals surface area contributed by atoms with Crippen LogP contribution < -0.4 is 0 Å². The van der Waals surface area contributed by atoms with Crippen molar-refractivity contribution in [3.05, 3.63) is 0 Å². The van der Waals surface area contributed by atoms with Gasteiger partial charge in [-0.2, -0.15) is 4.31 Å². The van der Waals surface area contributed by atoms with Crippen molar-refractivity contribution in [1.82, 2.24) is 9.21 Å². The predicted molar refractivity (Wildman–Crippen MR) is 51.0 cm³/mol. The van der Waals surface area contributed by atoms with Crippen molar-refractivity contribution >= 4 is 27.5 Å². The fourth-order valence-corrected chi connectivity index (χ4v) is 1.49. The molecule has 0 aliphatic heterocycles. The van der Waals surface area contributed by atoms with Crippen LogP contribution in [0.4, 0.5) is 0 Å². The number of likely N-dealkylation sites (N-methyl/N-ethyl adjacent to an activating group) is 2. The third kappa shape index (κ3) is 3.93. The van der Waals surface area contributed by atoms with E-state index < -0.39 is 15.2 Å². The number of rotatable bonds is 4. The van der Waals surface area contributed by atoms with Gasteiger partial charge >= 0.3 is 0 Å². The number of nitrogens with zero attached hydrogens (tertiary/aromatic N) is 2. The van der Waals surface area contributed by atoms with Crippen LogP contribution in [-0.4, -0.2) is 56.4 Å². The number of alkyl halides is 1. The Kier molecular flexibility index (Phi) is 4.66. The zero-order chi connectivity index (χ0) is 10.6. The summed E-state index contributed by atoms with van der Waals surface area (Å²) in [4.78, 5) is 12.4. The quantitative estimate of drug-likeness (QED) is 0.612. The van der Waals surface area contributed by atoms with Gasteiger partial charge in [0.15, 0.2) is 0 Å².